The molecule has 0 amide bonds. The van der Waals surface area contributed by atoms with Crippen LogP contribution < -0.4 is 5.43 Å². The first-order chi connectivity index (χ1) is 5.27. The molecule has 0 saturated carbocycles. The van der Waals surface area contributed by atoms with Crippen molar-refractivity contribution >= 4 is 42.2 Å². The van der Waals surface area contributed by atoms with Crippen LogP contribution in [0.2, 0.25) is 0 Å². The van der Waals surface area contributed by atoms with Gasteiger partial charge < -0.3 is 5.43 Å². The van der Waals surface area contributed by atoms with Crippen molar-refractivity contribution in [2.75, 3.05) is 0 Å². The quantitative estimate of drug-likeness (QED) is 0.679. The van der Waals surface area contributed by atoms with Gasteiger partial charge in [-0.3, -0.25) is 0 Å². The molecule has 0 spiro atoms. The van der Waals surface area contributed by atoms with E-state index in [4.69, 9.17) is 0 Å². The van der Waals surface area contributed by atoms with E-state index in [2.05, 4.69) is 67.3 Å². The first-order valence-electron chi connectivity index (χ1n) is 3.31. The average molecular weight is 325 g/mol. The minimum Gasteiger partial charge on any atom is -0.301 e. The SMILES string of the molecule is BrC1=CC2NN=C(I)C2C=C1. The van der Waals surface area contributed by atoms with E-state index < -0.39 is 0 Å². The van der Waals surface area contributed by atoms with Crippen molar-refractivity contribution in [2.45, 2.75) is 6.04 Å². The molecule has 0 saturated heterocycles. The van der Waals surface area contributed by atoms with Crippen molar-refractivity contribution in [1.82, 2.24) is 5.43 Å². The zero-order valence-electron chi connectivity index (χ0n) is 5.59. The zero-order valence-corrected chi connectivity index (χ0v) is 9.33. The summed E-state index contributed by atoms with van der Waals surface area (Å²) in [5, 5.41) is 4.15. The number of hydrogen-bond acceptors (Lipinski definition) is 2. The molecule has 0 aromatic heterocycles. The van der Waals surface area contributed by atoms with E-state index in [9.17, 15) is 0 Å². The topological polar surface area (TPSA) is 24.4 Å². The van der Waals surface area contributed by atoms with E-state index >= 15 is 0 Å². The number of hydrogen-bond donors (Lipinski definition) is 1. The number of hydrazone groups is 1. The van der Waals surface area contributed by atoms with Crippen LogP contribution in [-0.4, -0.2) is 9.76 Å². The van der Waals surface area contributed by atoms with Crippen LogP contribution in [0, 0.1) is 5.92 Å². The highest BCUT2D eigenvalue weighted by molar-refractivity contribution is 14.1. The highest BCUT2D eigenvalue weighted by Crippen LogP contribution is 2.27. The summed E-state index contributed by atoms with van der Waals surface area (Å²) >= 11 is 5.69. The third-order valence-electron chi connectivity index (χ3n) is 1.78. The Morgan fingerprint density at radius 2 is 2.45 bits per heavy atom. The van der Waals surface area contributed by atoms with Gasteiger partial charge in [0.2, 0.25) is 0 Å². The van der Waals surface area contributed by atoms with E-state index in [0.29, 0.717) is 12.0 Å². The smallest absolute Gasteiger partial charge is 0.107 e. The predicted octanol–water partition coefficient (Wildman–Crippen LogP) is 2.17. The standard InChI is InChI=1S/C7H6BrIN2/c8-4-1-2-5-6(3-4)10-11-7(5)9/h1-3,5-6,10H. The van der Waals surface area contributed by atoms with E-state index in [-0.39, 0.29) is 0 Å². The molecule has 11 heavy (non-hydrogen) atoms. The van der Waals surface area contributed by atoms with E-state index in [1.165, 1.54) is 0 Å². The van der Waals surface area contributed by atoms with Gasteiger partial charge >= 0.3 is 0 Å². The Labute approximate surface area is 87.1 Å². The summed E-state index contributed by atoms with van der Waals surface area (Å²) in [6, 6.07) is 0.362. The van der Waals surface area contributed by atoms with Gasteiger partial charge in [-0.25, -0.2) is 0 Å². The third kappa shape index (κ3) is 1.38. The van der Waals surface area contributed by atoms with Crippen LogP contribution >= 0.6 is 38.5 Å². The molecule has 1 heterocycles. The van der Waals surface area contributed by atoms with Gasteiger partial charge in [-0.2, -0.15) is 5.10 Å². The lowest BCUT2D eigenvalue weighted by molar-refractivity contribution is 0.621. The van der Waals surface area contributed by atoms with Crippen LogP contribution in [0.4, 0.5) is 0 Å². The van der Waals surface area contributed by atoms with Crippen molar-refractivity contribution in [1.29, 1.82) is 0 Å². The molecule has 1 aliphatic carbocycles. The Kier molecular flexibility index (Phi) is 2.05. The van der Waals surface area contributed by atoms with Gasteiger partial charge in [0.05, 0.1) is 12.0 Å². The van der Waals surface area contributed by atoms with Crippen LogP contribution in [0.25, 0.3) is 0 Å². The lowest BCUT2D eigenvalue weighted by atomic mass is 9.98. The Bertz CT molecular complexity index is 270. The summed E-state index contributed by atoms with van der Waals surface area (Å²) in [6.45, 7) is 0. The van der Waals surface area contributed by atoms with Gasteiger partial charge in [-0.15, -0.1) is 0 Å². The zero-order chi connectivity index (χ0) is 7.84. The average Bonchev–Trinajstić information content (AvgIpc) is 2.32. The summed E-state index contributed by atoms with van der Waals surface area (Å²) in [4.78, 5) is 0. The van der Waals surface area contributed by atoms with Crippen molar-refractivity contribution in [3.8, 4) is 0 Å². The molecule has 0 aromatic carbocycles. The van der Waals surface area contributed by atoms with Crippen LogP contribution in [0.5, 0.6) is 0 Å². The summed E-state index contributed by atoms with van der Waals surface area (Å²) in [7, 11) is 0. The first-order valence-corrected chi connectivity index (χ1v) is 5.18. The lowest BCUT2D eigenvalue weighted by Crippen LogP contribution is -2.26. The Balaban J connectivity index is 2.27. The summed E-state index contributed by atoms with van der Waals surface area (Å²) in [5.41, 5.74) is 3.06. The highest BCUT2D eigenvalue weighted by Gasteiger charge is 2.28. The molecule has 0 fully saturated rings. The maximum atomic E-state index is 4.15. The second-order valence-corrected chi connectivity index (χ2v) is 4.55. The molecule has 2 atom stereocenters. The van der Waals surface area contributed by atoms with Crippen LogP contribution in [0.1, 0.15) is 0 Å². The molecular formula is C7H6BrIN2. The molecule has 2 unspecified atom stereocenters. The van der Waals surface area contributed by atoms with Crippen molar-refractivity contribution in [3.05, 3.63) is 22.7 Å². The van der Waals surface area contributed by atoms with Gasteiger partial charge in [-0.1, -0.05) is 28.1 Å². The lowest BCUT2D eigenvalue weighted by Gasteiger charge is -2.15. The summed E-state index contributed by atoms with van der Waals surface area (Å²) in [5.74, 6) is 0.455. The van der Waals surface area contributed by atoms with Gasteiger partial charge in [-0.05, 0) is 28.7 Å². The largest absolute Gasteiger partial charge is 0.301 e. The van der Waals surface area contributed by atoms with Crippen LogP contribution in [0.15, 0.2) is 27.8 Å². The van der Waals surface area contributed by atoms with Gasteiger partial charge in [0, 0.05) is 4.48 Å². The van der Waals surface area contributed by atoms with Crippen molar-refractivity contribution < 1.29 is 0 Å². The Morgan fingerprint density at radius 1 is 1.64 bits per heavy atom. The number of nitrogens with zero attached hydrogens (tertiary/aromatic N) is 1. The van der Waals surface area contributed by atoms with Crippen molar-refractivity contribution in [3.63, 3.8) is 0 Å². The second-order valence-electron chi connectivity index (χ2n) is 2.53. The molecule has 0 bridgehead atoms. The number of allylic oxidation sites excluding steroid dienone is 2. The molecule has 1 aliphatic heterocycles. The van der Waals surface area contributed by atoms with Crippen LogP contribution in [-0.2, 0) is 0 Å². The summed E-state index contributed by atoms with van der Waals surface area (Å²) < 4.78 is 2.27. The normalized spacial score (nSPS) is 34.0. The second kappa shape index (κ2) is 2.90. The fraction of sp³-hybridized carbons (Fsp3) is 0.286. The minimum atomic E-state index is 0.362. The van der Waals surface area contributed by atoms with Gasteiger partial charge in [0.1, 0.15) is 3.72 Å². The fourth-order valence-electron chi connectivity index (χ4n) is 1.20. The number of rotatable bonds is 0. The molecule has 2 nitrogen and oxygen atoms in total. The van der Waals surface area contributed by atoms with E-state index in [0.717, 1.165) is 8.20 Å². The van der Waals surface area contributed by atoms with Crippen LogP contribution in [0.3, 0.4) is 0 Å². The van der Waals surface area contributed by atoms with Gasteiger partial charge in [0.25, 0.3) is 0 Å². The van der Waals surface area contributed by atoms with E-state index in [1.807, 2.05) is 0 Å². The Hall–Kier alpha value is 0.160. The number of nitrogens with one attached hydrogen (secondary N) is 1. The number of halogens is 2. The molecular weight excluding hydrogens is 319 g/mol. The molecule has 4 heteroatoms. The maximum absolute atomic E-state index is 4.15. The maximum Gasteiger partial charge on any atom is 0.107 e. The number of fused-ring (bicyclic) bond motifs is 1. The molecule has 2 aliphatic rings. The molecule has 2 rings (SSSR count). The predicted molar refractivity (Wildman–Crippen MR) is 58.0 cm³/mol. The highest BCUT2D eigenvalue weighted by atomic mass is 127. The fourth-order valence-corrected chi connectivity index (χ4v) is 2.37. The molecule has 1 N–H and O–H groups in total. The minimum absolute atomic E-state index is 0.362. The van der Waals surface area contributed by atoms with E-state index in [1.54, 1.807) is 0 Å². The van der Waals surface area contributed by atoms with Gasteiger partial charge in [0.15, 0.2) is 0 Å². The third-order valence-corrected chi connectivity index (χ3v) is 3.27. The monoisotopic (exact) mass is 324 g/mol. The summed E-state index contributed by atoms with van der Waals surface area (Å²) in [6.07, 6.45) is 6.38. The van der Waals surface area contributed by atoms with Crippen molar-refractivity contribution in [2.24, 2.45) is 11.0 Å². The first kappa shape index (κ1) is 7.79. The Morgan fingerprint density at radius 3 is 3.27 bits per heavy atom. The molecule has 58 valence electrons. The molecule has 0 radical (unpaired) electrons. The molecule has 0 aromatic rings.